The largest absolute Gasteiger partial charge is 0.487 e. The van der Waals surface area contributed by atoms with Crippen LogP contribution in [0.25, 0.3) is 5.76 Å². The number of nitrogens with one attached hydrogen (secondary N) is 1. The molecule has 3 rings (SSSR count). The van der Waals surface area contributed by atoms with Gasteiger partial charge in [-0.25, -0.2) is 0 Å². The van der Waals surface area contributed by atoms with Crippen LogP contribution in [0.3, 0.4) is 0 Å². The van der Waals surface area contributed by atoms with E-state index in [4.69, 9.17) is 22.7 Å². The second-order valence-electron chi connectivity index (χ2n) is 5.98. The van der Waals surface area contributed by atoms with Crippen LogP contribution in [0.4, 0.5) is 0 Å². The first kappa shape index (κ1) is 14.7. The van der Waals surface area contributed by atoms with Crippen LogP contribution in [0.1, 0.15) is 37.8 Å². The van der Waals surface area contributed by atoms with E-state index in [0.29, 0.717) is 23.5 Å². The van der Waals surface area contributed by atoms with Gasteiger partial charge in [0.15, 0.2) is 5.11 Å². The van der Waals surface area contributed by atoms with E-state index in [1.54, 1.807) is 0 Å². The molecule has 0 aromatic heterocycles. The Kier molecular flexibility index (Phi) is 3.48. The normalized spacial score (nSPS) is 21.0. The van der Waals surface area contributed by atoms with Gasteiger partial charge in [0.2, 0.25) is 5.78 Å². The third kappa shape index (κ3) is 2.50. The highest BCUT2D eigenvalue weighted by Gasteiger charge is 2.38. The van der Waals surface area contributed by atoms with Crippen LogP contribution in [-0.4, -0.2) is 22.2 Å². The number of Topliss-reactive ketones (excluding diaryl/α,β-unsaturated/α-hetero) is 1. The highest BCUT2D eigenvalue weighted by molar-refractivity contribution is 7.80. The number of thiocarbonyl (C=S) groups is 1. The Labute approximate surface area is 134 Å². The summed E-state index contributed by atoms with van der Waals surface area (Å²) >= 11 is 4.76. The summed E-state index contributed by atoms with van der Waals surface area (Å²) in [6.07, 6.45) is 1.46. The summed E-state index contributed by atoms with van der Waals surface area (Å²) < 4.78 is 6.08. The van der Waals surface area contributed by atoms with Gasteiger partial charge in [0.1, 0.15) is 17.1 Å². The molecule has 5 nitrogen and oxygen atoms in total. The van der Waals surface area contributed by atoms with Crippen molar-refractivity contribution in [3.63, 3.8) is 0 Å². The summed E-state index contributed by atoms with van der Waals surface area (Å²) in [7, 11) is 0. The van der Waals surface area contributed by atoms with Crippen LogP contribution < -0.4 is 11.2 Å². The molecule has 0 amide bonds. The molecular weight excluding hydrogens is 298 g/mol. The van der Waals surface area contributed by atoms with Crippen molar-refractivity contribution in [1.82, 2.24) is 5.43 Å². The third-order valence-electron chi connectivity index (χ3n) is 3.82. The lowest BCUT2D eigenvalue weighted by molar-refractivity contribution is -0.110. The van der Waals surface area contributed by atoms with Crippen molar-refractivity contribution in [2.24, 2.45) is 10.8 Å². The minimum absolute atomic E-state index is 0.0265. The van der Waals surface area contributed by atoms with E-state index in [0.717, 1.165) is 17.5 Å². The van der Waals surface area contributed by atoms with E-state index in [2.05, 4.69) is 10.5 Å². The number of rotatable bonds is 1. The molecule has 2 aliphatic rings. The fraction of sp³-hybridized carbons (Fsp3) is 0.312. The van der Waals surface area contributed by atoms with Crippen molar-refractivity contribution < 1.29 is 9.53 Å². The SMILES string of the molecule is CC1(C)CCC2=C(O1)c1ccccc1C(=NNC(N)=S)C2=O. The highest BCUT2D eigenvalue weighted by atomic mass is 32.1. The number of ether oxygens (including phenoxy) is 1. The third-order valence-corrected chi connectivity index (χ3v) is 3.91. The number of hydrogen-bond donors (Lipinski definition) is 2. The number of allylic oxidation sites excluding steroid dienone is 1. The van der Waals surface area contributed by atoms with Gasteiger partial charge in [0.05, 0.1) is 0 Å². The Morgan fingerprint density at radius 1 is 1.36 bits per heavy atom. The van der Waals surface area contributed by atoms with E-state index >= 15 is 0 Å². The van der Waals surface area contributed by atoms with Crippen molar-refractivity contribution >= 4 is 34.6 Å². The minimum atomic E-state index is -0.280. The van der Waals surface area contributed by atoms with Crippen LogP contribution in [0.2, 0.25) is 0 Å². The molecule has 1 aromatic rings. The summed E-state index contributed by atoms with van der Waals surface area (Å²) in [6, 6.07) is 7.57. The van der Waals surface area contributed by atoms with Crippen LogP contribution >= 0.6 is 12.2 Å². The lowest BCUT2D eigenvalue weighted by Crippen LogP contribution is -2.36. The maximum atomic E-state index is 12.8. The van der Waals surface area contributed by atoms with Gasteiger partial charge in [-0.05, 0) is 38.9 Å². The van der Waals surface area contributed by atoms with Gasteiger partial charge in [-0.15, -0.1) is 0 Å². The smallest absolute Gasteiger partial charge is 0.213 e. The fourth-order valence-electron chi connectivity index (χ4n) is 2.74. The number of carbonyl (C=O) groups is 1. The summed E-state index contributed by atoms with van der Waals surface area (Å²) in [5.41, 5.74) is 10.2. The Morgan fingerprint density at radius 2 is 2.05 bits per heavy atom. The van der Waals surface area contributed by atoms with Crippen molar-refractivity contribution in [1.29, 1.82) is 0 Å². The Morgan fingerprint density at radius 3 is 2.73 bits per heavy atom. The number of hydrogen-bond acceptors (Lipinski definition) is 4. The molecule has 0 unspecified atom stereocenters. The summed E-state index contributed by atoms with van der Waals surface area (Å²) in [5, 5.41) is 4.12. The zero-order chi connectivity index (χ0) is 15.9. The molecule has 22 heavy (non-hydrogen) atoms. The van der Waals surface area contributed by atoms with Gasteiger partial charge in [0.25, 0.3) is 0 Å². The topological polar surface area (TPSA) is 76.7 Å². The Balaban J connectivity index is 2.15. The van der Waals surface area contributed by atoms with Gasteiger partial charge in [-0.2, -0.15) is 5.10 Å². The number of hydrazone groups is 1. The number of benzene rings is 1. The van der Waals surface area contributed by atoms with Crippen molar-refractivity contribution in [2.45, 2.75) is 32.3 Å². The first-order valence-electron chi connectivity index (χ1n) is 7.09. The zero-order valence-electron chi connectivity index (χ0n) is 12.5. The van der Waals surface area contributed by atoms with Gasteiger partial charge >= 0.3 is 0 Å². The van der Waals surface area contributed by atoms with Crippen LogP contribution in [0.15, 0.2) is 34.9 Å². The molecule has 0 atom stereocenters. The quantitative estimate of drug-likeness (QED) is 0.613. The van der Waals surface area contributed by atoms with Crippen molar-refractivity contribution in [2.75, 3.05) is 0 Å². The number of fused-ring (bicyclic) bond motifs is 2. The van der Waals surface area contributed by atoms with Gasteiger partial charge in [-0.3, -0.25) is 10.2 Å². The van der Waals surface area contributed by atoms with E-state index in [9.17, 15) is 4.79 Å². The zero-order valence-corrected chi connectivity index (χ0v) is 13.3. The molecule has 3 N–H and O–H groups in total. The second kappa shape index (κ2) is 5.21. The summed E-state index contributed by atoms with van der Waals surface area (Å²) in [4.78, 5) is 12.8. The van der Waals surface area contributed by atoms with Crippen LogP contribution in [-0.2, 0) is 9.53 Å². The Bertz CT molecular complexity index is 735. The van der Waals surface area contributed by atoms with Crippen molar-refractivity contribution in [3.05, 3.63) is 41.0 Å². The molecule has 0 spiro atoms. The molecule has 6 heteroatoms. The van der Waals surface area contributed by atoms with E-state index in [1.165, 1.54) is 0 Å². The van der Waals surface area contributed by atoms with E-state index in [1.807, 2.05) is 38.1 Å². The first-order chi connectivity index (χ1) is 10.4. The molecule has 1 heterocycles. The lowest BCUT2D eigenvalue weighted by Gasteiger charge is -2.36. The number of nitrogens with zero attached hydrogens (tertiary/aromatic N) is 1. The summed E-state index contributed by atoms with van der Waals surface area (Å²) in [6.45, 7) is 4.06. The monoisotopic (exact) mass is 315 g/mol. The highest BCUT2D eigenvalue weighted by Crippen LogP contribution is 2.41. The number of nitrogens with two attached hydrogens (primary N) is 1. The van der Waals surface area contributed by atoms with Crippen LogP contribution in [0, 0.1) is 0 Å². The molecular formula is C16H17N3O2S. The molecule has 114 valence electrons. The number of ketones is 1. The molecule has 1 aromatic carbocycles. The molecule has 0 bridgehead atoms. The summed E-state index contributed by atoms with van der Waals surface area (Å²) in [5.74, 6) is 0.541. The molecule has 1 aliphatic carbocycles. The minimum Gasteiger partial charge on any atom is -0.487 e. The van der Waals surface area contributed by atoms with Gasteiger partial charge in [0, 0.05) is 16.7 Å². The second-order valence-corrected chi connectivity index (χ2v) is 6.42. The standard InChI is InChI=1S/C16H17N3O2S/c1-16(2)8-7-11-13(20)12(18-19-15(17)22)9-5-3-4-6-10(9)14(11)21-16/h3-6H,7-8H2,1-2H3,(H3,17,19,22). The first-order valence-corrected chi connectivity index (χ1v) is 7.50. The average molecular weight is 315 g/mol. The maximum Gasteiger partial charge on any atom is 0.213 e. The fourth-order valence-corrected chi connectivity index (χ4v) is 2.78. The maximum absolute atomic E-state index is 12.8. The predicted octanol–water partition coefficient (Wildman–Crippen LogP) is 2.11. The van der Waals surface area contributed by atoms with E-state index in [-0.39, 0.29) is 16.5 Å². The molecule has 1 aliphatic heterocycles. The average Bonchev–Trinajstić information content (AvgIpc) is 2.46. The Hall–Kier alpha value is -2.21. The van der Waals surface area contributed by atoms with Crippen LogP contribution in [0.5, 0.6) is 0 Å². The lowest BCUT2D eigenvalue weighted by atomic mass is 9.82. The molecule has 0 radical (unpaired) electrons. The van der Waals surface area contributed by atoms with Crippen molar-refractivity contribution in [3.8, 4) is 0 Å². The molecule has 0 fully saturated rings. The number of carbonyl (C=O) groups excluding carboxylic acids is 1. The molecule has 0 saturated heterocycles. The van der Waals surface area contributed by atoms with E-state index < -0.39 is 0 Å². The van der Waals surface area contributed by atoms with Gasteiger partial charge in [-0.1, -0.05) is 24.3 Å². The predicted molar refractivity (Wildman–Crippen MR) is 89.2 cm³/mol. The van der Waals surface area contributed by atoms with Gasteiger partial charge < -0.3 is 10.5 Å². The molecule has 0 saturated carbocycles.